The van der Waals surface area contributed by atoms with Gasteiger partial charge in [0.2, 0.25) is 5.91 Å². The summed E-state index contributed by atoms with van der Waals surface area (Å²) in [6.07, 6.45) is 0.688. The van der Waals surface area contributed by atoms with Crippen molar-refractivity contribution in [2.24, 2.45) is 0 Å². The lowest BCUT2D eigenvalue weighted by molar-refractivity contribution is -0.123. The molecular formula is C12H13N3O. The molecule has 1 aliphatic heterocycles. The molecule has 0 aromatic heterocycles. The van der Waals surface area contributed by atoms with Crippen molar-refractivity contribution in [2.75, 3.05) is 6.54 Å². The van der Waals surface area contributed by atoms with Gasteiger partial charge in [0.1, 0.15) is 6.54 Å². The van der Waals surface area contributed by atoms with Crippen molar-refractivity contribution in [1.82, 2.24) is 10.6 Å². The molecule has 0 spiro atoms. The number of hydrogen-bond donors (Lipinski definition) is 2. The highest BCUT2D eigenvalue weighted by molar-refractivity contribution is 5.82. The van der Waals surface area contributed by atoms with Gasteiger partial charge in [-0.1, -0.05) is 24.3 Å². The molecule has 0 aliphatic carbocycles. The van der Waals surface area contributed by atoms with Gasteiger partial charge < -0.3 is 10.6 Å². The van der Waals surface area contributed by atoms with E-state index in [0.29, 0.717) is 13.0 Å². The molecule has 16 heavy (non-hydrogen) atoms. The average Bonchev–Trinajstić information content (AvgIpc) is 2.35. The van der Waals surface area contributed by atoms with Crippen LogP contribution in [0.1, 0.15) is 11.1 Å². The smallest absolute Gasteiger partial charge is 0.238 e. The van der Waals surface area contributed by atoms with E-state index in [0.717, 1.165) is 0 Å². The summed E-state index contributed by atoms with van der Waals surface area (Å²) in [7, 11) is 0. The second-order valence-electron chi connectivity index (χ2n) is 3.78. The number of nitrogens with one attached hydrogen (secondary N) is 2. The van der Waals surface area contributed by atoms with Crippen LogP contribution in [0.15, 0.2) is 24.3 Å². The number of benzene rings is 1. The lowest BCUT2D eigenvalue weighted by atomic mass is 9.95. The number of carbonyl (C=O) groups is 1. The first kappa shape index (κ1) is 10.7. The first-order valence-electron chi connectivity index (χ1n) is 5.26. The Morgan fingerprint density at radius 3 is 3.00 bits per heavy atom. The second kappa shape index (κ2) is 4.77. The zero-order chi connectivity index (χ0) is 11.4. The van der Waals surface area contributed by atoms with Gasteiger partial charge in [-0.25, -0.2) is 0 Å². The monoisotopic (exact) mass is 215 g/mol. The molecule has 1 aliphatic rings. The molecule has 0 saturated carbocycles. The minimum Gasteiger partial charge on any atom is -0.342 e. The van der Waals surface area contributed by atoms with Crippen LogP contribution in [-0.4, -0.2) is 18.5 Å². The lowest BCUT2D eigenvalue weighted by Gasteiger charge is -2.24. The van der Waals surface area contributed by atoms with Crippen LogP contribution in [0.2, 0.25) is 0 Å². The maximum absolute atomic E-state index is 11.6. The summed E-state index contributed by atoms with van der Waals surface area (Å²) in [4.78, 5) is 11.6. The maximum Gasteiger partial charge on any atom is 0.238 e. The summed E-state index contributed by atoms with van der Waals surface area (Å²) >= 11 is 0. The molecule has 4 heteroatoms. The molecule has 0 radical (unpaired) electrons. The molecule has 1 heterocycles. The molecule has 1 aromatic rings. The highest BCUT2D eigenvalue weighted by Crippen LogP contribution is 2.15. The number of carbonyl (C=O) groups excluding carboxylic acids is 1. The Kier molecular flexibility index (Phi) is 3.18. The third kappa shape index (κ3) is 2.20. The number of amides is 1. The third-order valence-corrected chi connectivity index (χ3v) is 2.74. The molecule has 0 saturated heterocycles. The number of nitrogens with zero attached hydrogens (tertiary/aromatic N) is 1. The van der Waals surface area contributed by atoms with E-state index in [9.17, 15) is 4.79 Å². The van der Waals surface area contributed by atoms with Crippen molar-refractivity contribution in [2.45, 2.75) is 19.0 Å². The first-order valence-corrected chi connectivity index (χ1v) is 5.26. The van der Waals surface area contributed by atoms with Crippen LogP contribution in [0.4, 0.5) is 0 Å². The summed E-state index contributed by atoms with van der Waals surface area (Å²) in [5, 5.41) is 14.1. The molecular weight excluding hydrogens is 202 g/mol. The van der Waals surface area contributed by atoms with Gasteiger partial charge in [-0.15, -0.1) is 0 Å². The van der Waals surface area contributed by atoms with Gasteiger partial charge in [-0.2, -0.15) is 5.26 Å². The molecule has 1 atom stereocenters. The molecule has 0 bridgehead atoms. The van der Waals surface area contributed by atoms with Crippen molar-refractivity contribution in [3.63, 3.8) is 0 Å². The molecule has 2 rings (SSSR count). The second-order valence-corrected chi connectivity index (χ2v) is 3.78. The minimum atomic E-state index is -0.219. The minimum absolute atomic E-state index is 0.0681. The zero-order valence-corrected chi connectivity index (χ0v) is 8.86. The van der Waals surface area contributed by atoms with Crippen LogP contribution in [0.3, 0.4) is 0 Å². The zero-order valence-electron chi connectivity index (χ0n) is 8.86. The Morgan fingerprint density at radius 1 is 1.50 bits per heavy atom. The summed E-state index contributed by atoms with van der Waals surface area (Å²) in [6, 6.07) is 9.76. The summed E-state index contributed by atoms with van der Waals surface area (Å²) < 4.78 is 0. The average molecular weight is 215 g/mol. The van der Waals surface area contributed by atoms with Crippen LogP contribution >= 0.6 is 0 Å². The van der Waals surface area contributed by atoms with E-state index in [1.807, 2.05) is 24.3 Å². The Bertz CT molecular complexity index is 436. The van der Waals surface area contributed by atoms with Crippen LogP contribution in [0, 0.1) is 11.3 Å². The van der Waals surface area contributed by atoms with Crippen molar-refractivity contribution in [1.29, 1.82) is 5.26 Å². The van der Waals surface area contributed by atoms with E-state index in [1.54, 1.807) is 0 Å². The van der Waals surface area contributed by atoms with Crippen LogP contribution in [-0.2, 0) is 17.8 Å². The van der Waals surface area contributed by atoms with Gasteiger partial charge in [0.25, 0.3) is 0 Å². The van der Waals surface area contributed by atoms with E-state index in [-0.39, 0.29) is 18.5 Å². The molecule has 1 aromatic carbocycles. The molecule has 2 N–H and O–H groups in total. The van der Waals surface area contributed by atoms with E-state index in [1.165, 1.54) is 11.1 Å². The Balaban J connectivity index is 2.03. The summed E-state index contributed by atoms with van der Waals surface area (Å²) in [6.45, 7) is 0.777. The Labute approximate surface area is 94.3 Å². The number of fused-ring (bicyclic) bond motifs is 1. The van der Waals surface area contributed by atoms with Crippen LogP contribution in [0.25, 0.3) is 0 Å². The number of hydrogen-bond acceptors (Lipinski definition) is 3. The van der Waals surface area contributed by atoms with E-state index in [4.69, 9.17) is 5.26 Å². The lowest BCUT2D eigenvalue weighted by Crippen LogP contribution is -2.47. The largest absolute Gasteiger partial charge is 0.342 e. The molecule has 0 unspecified atom stereocenters. The van der Waals surface area contributed by atoms with Crippen molar-refractivity contribution in [3.05, 3.63) is 35.4 Å². The van der Waals surface area contributed by atoms with E-state index in [2.05, 4.69) is 16.7 Å². The van der Waals surface area contributed by atoms with Crippen LogP contribution < -0.4 is 10.6 Å². The third-order valence-electron chi connectivity index (χ3n) is 2.74. The number of rotatable bonds is 2. The molecule has 1 amide bonds. The van der Waals surface area contributed by atoms with Gasteiger partial charge in [-0.3, -0.25) is 4.79 Å². The van der Waals surface area contributed by atoms with E-state index >= 15 is 0 Å². The fourth-order valence-corrected chi connectivity index (χ4v) is 1.89. The Hall–Kier alpha value is -1.86. The predicted molar refractivity (Wildman–Crippen MR) is 59.4 cm³/mol. The van der Waals surface area contributed by atoms with Crippen molar-refractivity contribution in [3.8, 4) is 6.07 Å². The van der Waals surface area contributed by atoms with Gasteiger partial charge in [0.05, 0.1) is 12.1 Å². The fraction of sp³-hybridized carbons (Fsp3) is 0.333. The highest BCUT2D eigenvalue weighted by Gasteiger charge is 2.23. The van der Waals surface area contributed by atoms with Gasteiger partial charge in [-0.05, 0) is 17.5 Å². The van der Waals surface area contributed by atoms with Crippen molar-refractivity contribution >= 4 is 5.91 Å². The Morgan fingerprint density at radius 2 is 2.25 bits per heavy atom. The van der Waals surface area contributed by atoms with Crippen molar-refractivity contribution < 1.29 is 4.79 Å². The number of nitriles is 1. The molecule has 4 nitrogen and oxygen atoms in total. The fourth-order valence-electron chi connectivity index (χ4n) is 1.89. The topological polar surface area (TPSA) is 64.9 Å². The van der Waals surface area contributed by atoms with Gasteiger partial charge in [0.15, 0.2) is 0 Å². The summed E-state index contributed by atoms with van der Waals surface area (Å²) in [5.74, 6) is -0.101. The molecule has 0 fully saturated rings. The quantitative estimate of drug-likeness (QED) is 0.699. The molecule has 82 valence electrons. The van der Waals surface area contributed by atoms with Crippen LogP contribution in [0.5, 0.6) is 0 Å². The highest BCUT2D eigenvalue weighted by atomic mass is 16.2. The summed E-state index contributed by atoms with van der Waals surface area (Å²) in [5.41, 5.74) is 2.45. The predicted octanol–water partition coefficient (Wildman–Crippen LogP) is 0.341. The van der Waals surface area contributed by atoms with Gasteiger partial charge >= 0.3 is 0 Å². The van der Waals surface area contributed by atoms with E-state index < -0.39 is 0 Å². The normalized spacial score (nSPS) is 18.3. The van der Waals surface area contributed by atoms with Gasteiger partial charge in [0, 0.05) is 6.54 Å². The maximum atomic E-state index is 11.6. The standard InChI is InChI=1S/C12H13N3O/c13-5-6-14-12(16)11-7-9-3-1-2-4-10(9)8-15-11/h1-4,11,15H,6-8H2,(H,14,16)/t11-/m1/s1. The first-order chi connectivity index (χ1) is 7.81. The SMILES string of the molecule is N#CCNC(=O)[C@H]1Cc2ccccc2CN1.